The molecule has 31 heavy (non-hydrogen) atoms. The lowest BCUT2D eigenvalue weighted by molar-refractivity contribution is -0.0211. The van der Waals surface area contributed by atoms with Crippen LogP contribution in [0.4, 0.5) is 4.39 Å². The van der Waals surface area contributed by atoms with E-state index < -0.39 is 6.23 Å². The first-order chi connectivity index (χ1) is 15.1. The average molecular weight is 439 g/mol. The molecule has 2 atom stereocenters. The SMILES string of the molecule is COc1ccc(C2=NN3C(C2)c2cc(Cl)ccc2OC3c2ccccc2F)cc1OC. The smallest absolute Gasteiger partial charge is 0.216 e. The highest BCUT2D eigenvalue weighted by Gasteiger charge is 2.42. The Morgan fingerprint density at radius 1 is 1.00 bits per heavy atom. The summed E-state index contributed by atoms with van der Waals surface area (Å²) in [4.78, 5) is 0. The number of hydrogen-bond donors (Lipinski definition) is 0. The highest BCUT2D eigenvalue weighted by Crippen LogP contribution is 2.48. The summed E-state index contributed by atoms with van der Waals surface area (Å²) >= 11 is 6.27. The maximum atomic E-state index is 14.7. The number of nitrogens with zero attached hydrogens (tertiary/aromatic N) is 2. The molecule has 3 aromatic carbocycles. The van der Waals surface area contributed by atoms with E-state index in [1.165, 1.54) is 6.07 Å². The number of ether oxygens (including phenoxy) is 3. The Morgan fingerprint density at radius 2 is 1.81 bits per heavy atom. The van der Waals surface area contributed by atoms with Crippen LogP contribution in [0.1, 0.15) is 35.4 Å². The monoisotopic (exact) mass is 438 g/mol. The fourth-order valence-electron chi connectivity index (χ4n) is 4.13. The average Bonchev–Trinajstić information content (AvgIpc) is 3.24. The molecule has 7 heteroatoms. The van der Waals surface area contributed by atoms with E-state index in [0.717, 1.165) is 16.8 Å². The van der Waals surface area contributed by atoms with E-state index in [-0.39, 0.29) is 11.9 Å². The van der Waals surface area contributed by atoms with Gasteiger partial charge in [-0.25, -0.2) is 9.40 Å². The maximum absolute atomic E-state index is 14.7. The molecule has 0 amide bonds. The standard InChI is InChI=1S/C24H20ClFN2O3/c1-29-22-9-7-14(11-23(22)30-2)19-13-20-17-12-15(25)8-10-21(17)31-24(28(20)27-19)16-5-3-4-6-18(16)26/h3-12,20,24H,13H2,1-2H3. The third kappa shape index (κ3) is 3.37. The minimum absolute atomic E-state index is 0.129. The van der Waals surface area contributed by atoms with Crippen molar-refractivity contribution in [3.8, 4) is 17.2 Å². The van der Waals surface area contributed by atoms with Crippen LogP contribution in [0.5, 0.6) is 17.2 Å². The van der Waals surface area contributed by atoms with Gasteiger partial charge in [0.25, 0.3) is 0 Å². The lowest BCUT2D eigenvalue weighted by Crippen LogP contribution is -2.34. The Hall–Kier alpha value is -3.25. The highest BCUT2D eigenvalue weighted by atomic mass is 35.5. The number of halogens is 2. The Bertz CT molecular complexity index is 1180. The Morgan fingerprint density at radius 3 is 2.58 bits per heavy atom. The third-order valence-electron chi connectivity index (χ3n) is 5.64. The first kappa shape index (κ1) is 19.7. The van der Waals surface area contributed by atoms with E-state index in [9.17, 15) is 4.39 Å². The van der Waals surface area contributed by atoms with Gasteiger partial charge in [-0.2, -0.15) is 5.10 Å². The van der Waals surface area contributed by atoms with Gasteiger partial charge in [0.2, 0.25) is 6.23 Å². The number of fused-ring (bicyclic) bond motifs is 3. The highest BCUT2D eigenvalue weighted by molar-refractivity contribution is 6.30. The van der Waals surface area contributed by atoms with Crippen molar-refractivity contribution in [2.75, 3.05) is 14.2 Å². The fraction of sp³-hybridized carbons (Fsp3) is 0.208. The van der Waals surface area contributed by atoms with Crippen molar-refractivity contribution in [1.29, 1.82) is 0 Å². The van der Waals surface area contributed by atoms with Gasteiger partial charge in [0.05, 0.1) is 31.5 Å². The number of hydrogen-bond acceptors (Lipinski definition) is 5. The Kier molecular flexibility index (Phi) is 4.94. The zero-order valence-corrected chi connectivity index (χ0v) is 17.8. The van der Waals surface area contributed by atoms with Crippen LogP contribution in [0.3, 0.4) is 0 Å². The molecule has 0 saturated carbocycles. The topological polar surface area (TPSA) is 43.3 Å². The lowest BCUT2D eigenvalue weighted by atomic mass is 9.95. The van der Waals surface area contributed by atoms with Crippen molar-refractivity contribution in [3.63, 3.8) is 0 Å². The molecule has 2 heterocycles. The molecule has 0 N–H and O–H groups in total. The van der Waals surface area contributed by atoms with E-state index in [4.69, 9.17) is 30.9 Å². The first-order valence-electron chi connectivity index (χ1n) is 9.88. The van der Waals surface area contributed by atoms with Crippen molar-refractivity contribution in [2.24, 2.45) is 5.10 Å². The predicted octanol–water partition coefficient (Wildman–Crippen LogP) is 5.74. The summed E-state index contributed by atoms with van der Waals surface area (Å²) in [5, 5.41) is 7.30. The summed E-state index contributed by atoms with van der Waals surface area (Å²) in [5.74, 6) is 1.62. The number of hydrazone groups is 1. The summed E-state index contributed by atoms with van der Waals surface area (Å²) in [5.41, 5.74) is 3.12. The van der Waals surface area contributed by atoms with E-state index in [1.807, 2.05) is 35.3 Å². The summed E-state index contributed by atoms with van der Waals surface area (Å²) in [6.45, 7) is 0. The van der Waals surface area contributed by atoms with Gasteiger partial charge >= 0.3 is 0 Å². The second-order valence-electron chi connectivity index (χ2n) is 7.39. The minimum Gasteiger partial charge on any atom is -0.493 e. The summed E-state index contributed by atoms with van der Waals surface area (Å²) in [6.07, 6.45) is -0.0607. The van der Waals surface area contributed by atoms with Gasteiger partial charge in [0, 0.05) is 22.6 Å². The lowest BCUT2D eigenvalue weighted by Gasteiger charge is -2.38. The van der Waals surface area contributed by atoms with Crippen molar-refractivity contribution >= 4 is 17.3 Å². The van der Waals surface area contributed by atoms with Crippen molar-refractivity contribution in [1.82, 2.24) is 5.01 Å². The van der Waals surface area contributed by atoms with Gasteiger partial charge in [-0.05, 0) is 42.5 Å². The van der Waals surface area contributed by atoms with Crippen LogP contribution in [0, 0.1) is 5.82 Å². The predicted molar refractivity (Wildman–Crippen MR) is 117 cm³/mol. The minimum atomic E-state index is -0.683. The van der Waals surface area contributed by atoms with E-state index in [2.05, 4.69) is 0 Å². The van der Waals surface area contributed by atoms with Crippen molar-refractivity contribution < 1.29 is 18.6 Å². The molecule has 5 nitrogen and oxygen atoms in total. The third-order valence-corrected chi connectivity index (χ3v) is 5.88. The zero-order valence-electron chi connectivity index (χ0n) is 17.0. The van der Waals surface area contributed by atoms with Gasteiger partial charge < -0.3 is 14.2 Å². The molecule has 3 aromatic rings. The molecule has 2 unspecified atom stereocenters. The second-order valence-corrected chi connectivity index (χ2v) is 7.83. The van der Waals surface area contributed by atoms with Crippen molar-refractivity contribution in [2.45, 2.75) is 18.7 Å². The Labute approximate surface area is 184 Å². The first-order valence-corrected chi connectivity index (χ1v) is 10.3. The van der Waals surface area contributed by atoms with Gasteiger partial charge in [0.1, 0.15) is 11.6 Å². The van der Waals surface area contributed by atoms with E-state index in [1.54, 1.807) is 38.5 Å². The molecule has 5 rings (SSSR count). The molecule has 0 radical (unpaired) electrons. The van der Waals surface area contributed by atoms with E-state index >= 15 is 0 Å². The molecule has 0 bridgehead atoms. The van der Waals surface area contributed by atoms with Crippen LogP contribution >= 0.6 is 11.6 Å². The van der Waals surface area contributed by atoms with Crippen LogP contribution in [-0.4, -0.2) is 24.9 Å². The van der Waals surface area contributed by atoms with Gasteiger partial charge in [0.15, 0.2) is 11.5 Å². The number of benzene rings is 3. The van der Waals surface area contributed by atoms with Gasteiger partial charge in [-0.3, -0.25) is 0 Å². The van der Waals surface area contributed by atoms with Crippen LogP contribution in [0.15, 0.2) is 65.8 Å². The Balaban J connectivity index is 1.60. The maximum Gasteiger partial charge on any atom is 0.216 e. The van der Waals surface area contributed by atoms with Crippen LogP contribution in [0.2, 0.25) is 5.02 Å². The summed E-state index contributed by atoms with van der Waals surface area (Å²) in [7, 11) is 3.20. The molecule has 2 aliphatic heterocycles. The summed E-state index contributed by atoms with van der Waals surface area (Å²) in [6, 6.07) is 17.7. The molecule has 0 spiro atoms. The van der Waals surface area contributed by atoms with Crippen LogP contribution < -0.4 is 14.2 Å². The molecule has 158 valence electrons. The molecular weight excluding hydrogens is 419 g/mol. The molecule has 0 saturated heterocycles. The second kappa shape index (κ2) is 7.78. The largest absolute Gasteiger partial charge is 0.493 e. The van der Waals surface area contributed by atoms with Gasteiger partial charge in [-0.1, -0.05) is 29.8 Å². The van der Waals surface area contributed by atoms with E-state index in [0.29, 0.717) is 34.3 Å². The van der Waals surface area contributed by atoms with Crippen molar-refractivity contribution in [3.05, 3.63) is 88.2 Å². The number of methoxy groups -OCH3 is 2. The summed E-state index contributed by atoms with van der Waals surface area (Å²) < 4.78 is 31.7. The molecular formula is C24H20ClFN2O3. The quantitative estimate of drug-likeness (QED) is 0.521. The van der Waals surface area contributed by atoms with Gasteiger partial charge in [-0.15, -0.1) is 0 Å². The van der Waals surface area contributed by atoms with Crippen LogP contribution in [0.25, 0.3) is 0 Å². The van der Waals surface area contributed by atoms with Crippen LogP contribution in [-0.2, 0) is 0 Å². The zero-order chi connectivity index (χ0) is 21.5. The normalized spacial score (nSPS) is 19.2. The molecule has 0 aliphatic carbocycles. The molecule has 0 aromatic heterocycles. The fourth-order valence-corrected chi connectivity index (χ4v) is 4.31. The molecule has 2 aliphatic rings. The number of rotatable bonds is 4. The molecule has 0 fully saturated rings.